The van der Waals surface area contributed by atoms with Gasteiger partial charge in [-0.15, -0.1) is 5.10 Å². The highest BCUT2D eigenvalue weighted by Gasteiger charge is 2.14. The minimum Gasteiger partial charge on any atom is -0.313 e. The lowest BCUT2D eigenvalue weighted by Crippen LogP contribution is -2.19. The topological polar surface area (TPSA) is 62.7 Å². The van der Waals surface area contributed by atoms with E-state index in [2.05, 4.69) is 34.6 Å². The van der Waals surface area contributed by atoms with Crippen LogP contribution in [-0.2, 0) is 6.54 Å². The number of rotatable bonds is 7. The molecule has 1 heterocycles. The van der Waals surface area contributed by atoms with Gasteiger partial charge in [0.1, 0.15) is 0 Å². The monoisotopic (exact) mass is 306 g/mol. The summed E-state index contributed by atoms with van der Waals surface area (Å²) in [5, 5.41) is 10.8. The third-order valence-electron chi connectivity index (χ3n) is 3.10. The molecule has 114 valence electrons. The van der Waals surface area contributed by atoms with E-state index in [1.807, 2.05) is 26.0 Å². The van der Waals surface area contributed by atoms with E-state index in [9.17, 15) is 4.79 Å². The van der Waals surface area contributed by atoms with Crippen LogP contribution < -0.4 is 11.0 Å². The normalized spacial score (nSPS) is 11.2. The molecule has 0 aliphatic carbocycles. The van der Waals surface area contributed by atoms with Crippen LogP contribution in [0.4, 0.5) is 0 Å². The second kappa shape index (κ2) is 7.47. The maximum absolute atomic E-state index is 11.8. The van der Waals surface area contributed by atoms with Crippen molar-refractivity contribution in [2.75, 3.05) is 6.54 Å². The first-order valence-electron chi connectivity index (χ1n) is 7.26. The molecule has 0 saturated carbocycles. The molecule has 0 bridgehead atoms. The number of hydrogen-bond acceptors (Lipinski definition) is 4. The molecular formula is C15H22N4OS. The fraction of sp³-hybridized carbons (Fsp3) is 0.467. The molecule has 0 amide bonds. The first kappa shape index (κ1) is 15.9. The fourth-order valence-electron chi connectivity index (χ4n) is 2.07. The number of H-pyrrole nitrogens is 1. The average molecular weight is 306 g/mol. The molecule has 1 aromatic carbocycles. The van der Waals surface area contributed by atoms with Gasteiger partial charge in [-0.25, -0.2) is 9.89 Å². The lowest BCUT2D eigenvalue weighted by Gasteiger charge is -2.11. The van der Waals surface area contributed by atoms with Crippen molar-refractivity contribution in [2.24, 2.45) is 0 Å². The molecular weight excluding hydrogens is 284 g/mol. The summed E-state index contributed by atoms with van der Waals surface area (Å²) in [5.74, 6) is 0. The van der Waals surface area contributed by atoms with Crippen molar-refractivity contribution in [3.63, 3.8) is 0 Å². The molecule has 0 radical (unpaired) electrons. The highest BCUT2D eigenvalue weighted by atomic mass is 32.2. The van der Waals surface area contributed by atoms with Crippen molar-refractivity contribution in [3.05, 3.63) is 40.3 Å². The molecule has 0 fully saturated rings. The molecule has 0 atom stereocenters. The molecule has 1 aromatic heterocycles. The SMILES string of the molecule is CCCNCc1ccccc1Sc1n[nH]c(=O)n1C(C)C. The number of nitrogens with one attached hydrogen (secondary N) is 2. The second-order valence-corrected chi connectivity index (χ2v) is 6.17. The maximum Gasteiger partial charge on any atom is 0.344 e. The van der Waals surface area contributed by atoms with Crippen LogP contribution in [0.25, 0.3) is 0 Å². The standard InChI is InChI=1S/C15H22N4OS/c1-4-9-16-10-12-7-5-6-8-13(12)21-15-18-17-14(20)19(15)11(2)3/h5-8,11,16H,4,9-10H2,1-3H3,(H,17,20). The van der Waals surface area contributed by atoms with E-state index >= 15 is 0 Å². The van der Waals surface area contributed by atoms with E-state index in [-0.39, 0.29) is 11.7 Å². The van der Waals surface area contributed by atoms with E-state index < -0.39 is 0 Å². The molecule has 6 heteroatoms. The minimum absolute atomic E-state index is 0.0872. The molecule has 21 heavy (non-hydrogen) atoms. The Hall–Kier alpha value is -1.53. The summed E-state index contributed by atoms with van der Waals surface area (Å²) in [5.41, 5.74) is 1.07. The van der Waals surface area contributed by atoms with Gasteiger partial charge in [-0.05, 0) is 50.2 Å². The van der Waals surface area contributed by atoms with Crippen LogP contribution in [0.5, 0.6) is 0 Å². The molecule has 0 unspecified atom stereocenters. The minimum atomic E-state index is -0.158. The van der Waals surface area contributed by atoms with Crippen LogP contribution in [0.2, 0.25) is 0 Å². The van der Waals surface area contributed by atoms with Crippen molar-refractivity contribution in [1.82, 2.24) is 20.1 Å². The van der Waals surface area contributed by atoms with Crippen LogP contribution in [-0.4, -0.2) is 21.3 Å². The predicted molar refractivity (Wildman–Crippen MR) is 85.8 cm³/mol. The third kappa shape index (κ3) is 3.98. The van der Waals surface area contributed by atoms with E-state index in [0.29, 0.717) is 5.16 Å². The van der Waals surface area contributed by atoms with Gasteiger partial charge in [0.15, 0.2) is 5.16 Å². The molecule has 2 aromatic rings. The Labute approximate surface area is 129 Å². The van der Waals surface area contributed by atoms with Crippen LogP contribution in [0.15, 0.2) is 39.1 Å². The molecule has 5 nitrogen and oxygen atoms in total. The van der Waals surface area contributed by atoms with Gasteiger partial charge in [-0.3, -0.25) is 4.57 Å². The van der Waals surface area contributed by atoms with Gasteiger partial charge < -0.3 is 5.32 Å². The summed E-state index contributed by atoms with van der Waals surface area (Å²) in [7, 11) is 0. The maximum atomic E-state index is 11.8. The molecule has 2 N–H and O–H groups in total. The Morgan fingerprint density at radius 1 is 1.38 bits per heavy atom. The van der Waals surface area contributed by atoms with Gasteiger partial charge in [-0.1, -0.05) is 25.1 Å². The molecule has 0 saturated heterocycles. The summed E-state index contributed by atoms with van der Waals surface area (Å²) in [4.78, 5) is 12.9. The Balaban J connectivity index is 2.22. The van der Waals surface area contributed by atoms with Gasteiger partial charge in [0.25, 0.3) is 0 Å². The van der Waals surface area contributed by atoms with Crippen LogP contribution in [0, 0.1) is 0 Å². The lowest BCUT2D eigenvalue weighted by atomic mass is 10.2. The smallest absolute Gasteiger partial charge is 0.313 e. The van der Waals surface area contributed by atoms with E-state index in [0.717, 1.165) is 24.4 Å². The van der Waals surface area contributed by atoms with Crippen LogP contribution in [0.3, 0.4) is 0 Å². The van der Waals surface area contributed by atoms with Crippen LogP contribution >= 0.6 is 11.8 Å². The largest absolute Gasteiger partial charge is 0.344 e. The van der Waals surface area contributed by atoms with Crippen LogP contribution in [0.1, 0.15) is 38.8 Å². The summed E-state index contributed by atoms with van der Waals surface area (Å²) in [6.45, 7) is 7.94. The van der Waals surface area contributed by atoms with E-state index in [1.165, 1.54) is 17.3 Å². The summed E-state index contributed by atoms with van der Waals surface area (Å²) in [6, 6.07) is 8.31. The van der Waals surface area contributed by atoms with Gasteiger partial charge in [0, 0.05) is 17.5 Å². The summed E-state index contributed by atoms with van der Waals surface area (Å²) in [6.07, 6.45) is 1.11. The predicted octanol–water partition coefficient (Wildman–Crippen LogP) is 2.80. The van der Waals surface area contributed by atoms with Gasteiger partial charge in [0.2, 0.25) is 0 Å². The van der Waals surface area contributed by atoms with Gasteiger partial charge in [0.05, 0.1) is 0 Å². The highest BCUT2D eigenvalue weighted by Crippen LogP contribution is 2.29. The van der Waals surface area contributed by atoms with Gasteiger partial charge in [-0.2, -0.15) is 0 Å². The number of aromatic amines is 1. The summed E-state index contributed by atoms with van der Waals surface area (Å²) >= 11 is 1.53. The zero-order chi connectivity index (χ0) is 15.2. The first-order valence-corrected chi connectivity index (χ1v) is 8.08. The quantitative estimate of drug-likeness (QED) is 0.772. The van der Waals surface area contributed by atoms with Crippen molar-refractivity contribution < 1.29 is 0 Å². The zero-order valence-electron chi connectivity index (χ0n) is 12.7. The zero-order valence-corrected chi connectivity index (χ0v) is 13.5. The Morgan fingerprint density at radius 2 is 2.14 bits per heavy atom. The van der Waals surface area contributed by atoms with Crippen molar-refractivity contribution in [2.45, 2.75) is 49.8 Å². The number of hydrogen-bond donors (Lipinski definition) is 2. The molecule has 2 rings (SSSR count). The number of benzene rings is 1. The first-order chi connectivity index (χ1) is 10.1. The number of nitrogens with zero attached hydrogens (tertiary/aromatic N) is 2. The Bertz CT molecular complexity index is 633. The summed E-state index contributed by atoms with van der Waals surface area (Å²) < 4.78 is 1.68. The third-order valence-corrected chi connectivity index (χ3v) is 4.19. The Kier molecular flexibility index (Phi) is 5.64. The van der Waals surface area contributed by atoms with Gasteiger partial charge >= 0.3 is 5.69 Å². The fourth-order valence-corrected chi connectivity index (χ4v) is 3.16. The Morgan fingerprint density at radius 3 is 2.86 bits per heavy atom. The average Bonchev–Trinajstić information content (AvgIpc) is 2.82. The molecule has 0 spiro atoms. The highest BCUT2D eigenvalue weighted by molar-refractivity contribution is 7.99. The molecule has 0 aliphatic heterocycles. The second-order valence-electron chi connectivity index (χ2n) is 5.16. The molecule has 0 aliphatic rings. The van der Waals surface area contributed by atoms with Crippen molar-refractivity contribution in [3.8, 4) is 0 Å². The number of aromatic nitrogens is 3. The van der Waals surface area contributed by atoms with E-state index in [4.69, 9.17) is 0 Å². The van der Waals surface area contributed by atoms with Crippen molar-refractivity contribution >= 4 is 11.8 Å². The lowest BCUT2D eigenvalue weighted by molar-refractivity contribution is 0.534. The van der Waals surface area contributed by atoms with Crippen molar-refractivity contribution in [1.29, 1.82) is 0 Å². The van der Waals surface area contributed by atoms with E-state index in [1.54, 1.807) is 4.57 Å².